The van der Waals surface area contributed by atoms with E-state index in [9.17, 15) is 4.79 Å². The number of hydrogen-bond donors (Lipinski definition) is 0. The minimum atomic E-state index is -5.17. The predicted octanol–water partition coefficient (Wildman–Crippen LogP) is 3.55. The van der Waals surface area contributed by atoms with E-state index in [0.29, 0.717) is 13.0 Å². The van der Waals surface area contributed by atoms with Crippen molar-refractivity contribution >= 4 is 16.4 Å². The Labute approximate surface area is 313 Å². The summed E-state index contributed by atoms with van der Waals surface area (Å²) < 4.78 is 39.5. The molecular formula is C31H60KNaO6S. The van der Waals surface area contributed by atoms with Crippen LogP contribution in [-0.2, 0) is 19.9 Å². The first-order valence-corrected chi connectivity index (χ1v) is 17.1. The Hall–Kier alpha value is 1.72. The second-order valence-corrected chi connectivity index (χ2v) is 11.3. The van der Waals surface area contributed by atoms with E-state index in [4.69, 9.17) is 22.3 Å². The van der Waals surface area contributed by atoms with E-state index >= 15 is 0 Å². The summed E-state index contributed by atoms with van der Waals surface area (Å²) in [5.74, 6) is 0.0136. The third-order valence-corrected chi connectivity index (χ3v) is 6.65. The van der Waals surface area contributed by atoms with Crippen molar-refractivity contribution in [1.29, 1.82) is 0 Å². The summed E-state index contributed by atoms with van der Waals surface area (Å²) in [6, 6.07) is 0. The number of unbranched alkanes of at least 4 members (excludes halogenated alkanes) is 21. The second-order valence-electron chi connectivity index (χ2n) is 10.5. The molecular weight excluding hydrogens is 562 g/mol. The molecule has 0 rings (SSSR count). The summed E-state index contributed by atoms with van der Waals surface area (Å²) in [4.78, 5) is 11.8. The smallest absolute Gasteiger partial charge is 0.759 e. The van der Waals surface area contributed by atoms with Gasteiger partial charge in [0.1, 0.15) is 0 Å². The normalized spacial score (nSPS) is 10.9. The van der Waals surface area contributed by atoms with Crippen molar-refractivity contribution < 1.29 is 108 Å². The SMILES string of the molecule is CCCCCCCC/C=C\CCCCCCCC(=O)OCCCCCCCCCCCCC.O=S(=O)([O-])[O-].[K+].[Na+]. The summed E-state index contributed by atoms with van der Waals surface area (Å²) in [6.07, 6.45) is 36.8. The number of carbonyl (C=O) groups excluding carboxylic acids is 1. The van der Waals surface area contributed by atoms with Crippen LogP contribution in [0, 0.1) is 0 Å². The van der Waals surface area contributed by atoms with Crippen molar-refractivity contribution in [2.75, 3.05) is 6.61 Å². The Bertz CT molecular complexity index is 609. The van der Waals surface area contributed by atoms with Crippen LogP contribution in [0.15, 0.2) is 12.2 Å². The number of allylic oxidation sites excluding steroid dienone is 2. The maximum Gasteiger partial charge on any atom is 1.00 e. The van der Waals surface area contributed by atoms with Crippen LogP contribution in [0.25, 0.3) is 0 Å². The van der Waals surface area contributed by atoms with Crippen LogP contribution in [-0.4, -0.2) is 30.1 Å². The van der Waals surface area contributed by atoms with Gasteiger partial charge in [0.15, 0.2) is 0 Å². The molecule has 0 unspecified atom stereocenters. The Kier molecular flexibility index (Phi) is 49.5. The van der Waals surface area contributed by atoms with Crippen LogP contribution in [0.4, 0.5) is 0 Å². The van der Waals surface area contributed by atoms with Crippen LogP contribution >= 0.6 is 0 Å². The van der Waals surface area contributed by atoms with E-state index in [1.165, 1.54) is 135 Å². The van der Waals surface area contributed by atoms with Crippen LogP contribution in [0.2, 0.25) is 0 Å². The number of esters is 1. The van der Waals surface area contributed by atoms with Gasteiger partial charge in [0.2, 0.25) is 0 Å². The average molecular weight is 623 g/mol. The van der Waals surface area contributed by atoms with Gasteiger partial charge in [-0.25, -0.2) is 0 Å². The summed E-state index contributed by atoms with van der Waals surface area (Å²) in [6.45, 7) is 5.18. The zero-order chi connectivity index (χ0) is 28.6. The van der Waals surface area contributed by atoms with Crippen LogP contribution in [0.1, 0.15) is 174 Å². The zero-order valence-electron chi connectivity index (χ0n) is 26.9. The van der Waals surface area contributed by atoms with Crippen molar-refractivity contribution in [2.45, 2.75) is 174 Å². The van der Waals surface area contributed by atoms with Gasteiger partial charge >= 0.3 is 86.9 Å². The second kappa shape index (κ2) is 40.7. The molecule has 0 bridgehead atoms. The van der Waals surface area contributed by atoms with E-state index in [-0.39, 0.29) is 86.9 Å². The van der Waals surface area contributed by atoms with Gasteiger partial charge in [0, 0.05) is 16.8 Å². The van der Waals surface area contributed by atoms with E-state index in [1.807, 2.05) is 0 Å². The van der Waals surface area contributed by atoms with Crippen LogP contribution in [0.3, 0.4) is 0 Å². The predicted molar refractivity (Wildman–Crippen MR) is 157 cm³/mol. The largest absolute Gasteiger partial charge is 1.00 e. The standard InChI is InChI=1S/C31H60O2.K.Na.H2O4S/c1-3-5-7-9-11-13-15-16-17-18-19-21-23-25-27-29-31(32)33-30-28-26-24-22-20-14-12-10-8-6-4-2;;;1-5(2,3)4/h16-17H,3-15,18-30H2,1-2H3;;;(H2,1,2,3,4)/q;2*+1;/p-2/b17-16-;;;. The molecule has 0 aliphatic rings. The van der Waals surface area contributed by atoms with Crippen LogP contribution in [0.5, 0.6) is 0 Å². The maximum atomic E-state index is 11.8. The molecule has 0 radical (unpaired) electrons. The first kappa shape index (κ1) is 48.6. The molecule has 0 aliphatic carbocycles. The molecule has 0 heterocycles. The number of hydrogen-bond acceptors (Lipinski definition) is 6. The van der Waals surface area contributed by atoms with Crippen molar-refractivity contribution in [1.82, 2.24) is 0 Å². The quantitative estimate of drug-likeness (QED) is 0.0347. The summed E-state index contributed by atoms with van der Waals surface area (Å²) in [5, 5.41) is 0. The molecule has 9 heteroatoms. The van der Waals surface area contributed by atoms with Crippen LogP contribution < -0.4 is 80.9 Å². The molecule has 0 saturated carbocycles. The van der Waals surface area contributed by atoms with Gasteiger partial charge in [0.25, 0.3) is 0 Å². The third kappa shape index (κ3) is 55.6. The maximum absolute atomic E-state index is 11.8. The molecule has 0 aromatic carbocycles. The fourth-order valence-corrected chi connectivity index (χ4v) is 4.36. The van der Waals surface area contributed by atoms with E-state index in [0.717, 1.165) is 19.3 Å². The summed E-state index contributed by atoms with van der Waals surface area (Å²) in [7, 11) is -5.17. The minimum Gasteiger partial charge on any atom is -0.759 e. The van der Waals surface area contributed by atoms with Gasteiger partial charge in [-0.3, -0.25) is 13.2 Å². The van der Waals surface area contributed by atoms with Gasteiger partial charge in [-0.15, -0.1) is 0 Å². The fourth-order valence-electron chi connectivity index (χ4n) is 4.36. The van der Waals surface area contributed by atoms with Crippen molar-refractivity contribution in [3.8, 4) is 0 Å². The number of carbonyl (C=O) groups is 1. The first-order valence-electron chi connectivity index (χ1n) is 15.8. The third-order valence-electron chi connectivity index (χ3n) is 6.65. The monoisotopic (exact) mass is 622 g/mol. The molecule has 6 nitrogen and oxygen atoms in total. The molecule has 0 saturated heterocycles. The van der Waals surface area contributed by atoms with Gasteiger partial charge in [-0.2, -0.15) is 0 Å². The average Bonchev–Trinajstić information content (AvgIpc) is 2.86. The molecule has 0 aromatic heterocycles. The van der Waals surface area contributed by atoms with E-state index in [2.05, 4.69) is 26.0 Å². The molecule has 0 atom stereocenters. The Morgan fingerprint density at radius 3 is 1.25 bits per heavy atom. The van der Waals surface area contributed by atoms with Gasteiger partial charge in [-0.1, -0.05) is 142 Å². The minimum absolute atomic E-state index is 0. The van der Waals surface area contributed by atoms with E-state index < -0.39 is 10.4 Å². The zero-order valence-corrected chi connectivity index (χ0v) is 32.8. The number of rotatable bonds is 27. The van der Waals surface area contributed by atoms with Gasteiger partial charge < -0.3 is 13.8 Å². The Morgan fingerprint density at radius 2 is 0.875 bits per heavy atom. The van der Waals surface area contributed by atoms with E-state index in [1.54, 1.807) is 0 Å². The van der Waals surface area contributed by atoms with Crippen molar-refractivity contribution in [2.24, 2.45) is 0 Å². The molecule has 40 heavy (non-hydrogen) atoms. The Balaban J connectivity index is -0.000000843. The molecule has 0 N–H and O–H groups in total. The van der Waals surface area contributed by atoms with Crippen molar-refractivity contribution in [3.05, 3.63) is 12.2 Å². The molecule has 0 fully saturated rings. The van der Waals surface area contributed by atoms with Crippen molar-refractivity contribution in [3.63, 3.8) is 0 Å². The molecule has 228 valence electrons. The van der Waals surface area contributed by atoms with Gasteiger partial charge in [0.05, 0.1) is 6.61 Å². The summed E-state index contributed by atoms with van der Waals surface area (Å²) >= 11 is 0. The van der Waals surface area contributed by atoms with Gasteiger partial charge in [-0.05, 0) is 38.5 Å². The fraction of sp³-hybridized carbons (Fsp3) is 0.903. The first-order chi connectivity index (χ1) is 18.3. The number of ether oxygens (including phenoxy) is 1. The topological polar surface area (TPSA) is 107 Å². The summed E-state index contributed by atoms with van der Waals surface area (Å²) in [5.41, 5.74) is 0. The molecule has 0 amide bonds. The molecule has 0 spiro atoms. The molecule has 0 aliphatic heterocycles. The Morgan fingerprint density at radius 1 is 0.575 bits per heavy atom. The molecule has 0 aromatic rings.